The highest BCUT2D eigenvalue weighted by Crippen LogP contribution is 2.22. The Morgan fingerprint density at radius 3 is 1.88 bits per heavy atom. The molecule has 4 aromatic carbocycles. The van der Waals surface area contributed by atoms with Gasteiger partial charge in [-0.2, -0.15) is 0 Å². The molecule has 2 N–H and O–H groups in total. The van der Waals surface area contributed by atoms with Gasteiger partial charge >= 0.3 is 0 Å². The summed E-state index contributed by atoms with van der Waals surface area (Å²) in [7, 11) is -2.22. The summed E-state index contributed by atoms with van der Waals surface area (Å²) in [6.07, 6.45) is 0. The van der Waals surface area contributed by atoms with Gasteiger partial charge in [-0.15, -0.1) is 0 Å². The molecule has 0 aliphatic rings. The Morgan fingerprint density at radius 2 is 1.27 bits per heavy atom. The second-order valence-corrected chi connectivity index (χ2v) is 8.94. The topological polar surface area (TPSA) is 84.5 Å². The van der Waals surface area contributed by atoms with Gasteiger partial charge in [-0.1, -0.05) is 42.5 Å². The predicted octanol–water partition coefficient (Wildman–Crippen LogP) is 5.42. The maximum Gasteiger partial charge on any atom is 0.261 e. The Labute approximate surface area is 192 Å². The van der Waals surface area contributed by atoms with Crippen LogP contribution in [0.4, 0.5) is 11.4 Å². The first-order valence-corrected chi connectivity index (χ1v) is 11.7. The van der Waals surface area contributed by atoms with Crippen molar-refractivity contribution in [1.29, 1.82) is 0 Å². The highest BCUT2D eigenvalue weighted by molar-refractivity contribution is 7.92. The second-order valence-electron chi connectivity index (χ2n) is 7.26. The van der Waals surface area contributed by atoms with Crippen molar-refractivity contribution >= 4 is 27.3 Å². The normalized spacial score (nSPS) is 10.9. The average molecular weight is 459 g/mol. The zero-order chi connectivity index (χ0) is 23.3. The van der Waals surface area contributed by atoms with Crippen LogP contribution in [0.15, 0.2) is 108 Å². The molecule has 0 radical (unpaired) electrons. The molecule has 6 nitrogen and oxygen atoms in total. The zero-order valence-electron chi connectivity index (χ0n) is 17.9. The molecule has 1 amide bonds. The molecule has 0 spiro atoms. The van der Waals surface area contributed by atoms with Crippen LogP contribution in [0.3, 0.4) is 0 Å². The monoisotopic (exact) mass is 458 g/mol. The van der Waals surface area contributed by atoms with Crippen molar-refractivity contribution in [2.75, 3.05) is 17.1 Å². The minimum Gasteiger partial charge on any atom is -0.497 e. The Kier molecular flexibility index (Phi) is 6.42. The third kappa shape index (κ3) is 5.39. The lowest BCUT2D eigenvalue weighted by Gasteiger charge is -2.10. The fourth-order valence-electron chi connectivity index (χ4n) is 3.24. The average Bonchev–Trinajstić information content (AvgIpc) is 2.85. The highest BCUT2D eigenvalue weighted by atomic mass is 32.2. The Morgan fingerprint density at radius 1 is 0.697 bits per heavy atom. The summed E-state index contributed by atoms with van der Waals surface area (Å²) in [5, 5.41) is 2.79. The van der Waals surface area contributed by atoms with Crippen molar-refractivity contribution in [3.8, 4) is 16.9 Å². The minimum atomic E-state index is -3.76. The lowest BCUT2D eigenvalue weighted by atomic mass is 10.0. The van der Waals surface area contributed by atoms with Gasteiger partial charge in [0.1, 0.15) is 5.75 Å². The molecule has 0 fully saturated rings. The Bertz CT molecular complexity index is 1330. The maximum atomic E-state index is 12.6. The molecule has 0 aliphatic heterocycles. The van der Waals surface area contributed by atoms with E-state index in [9.17, 15) is 13.2 Å². The quantitative estimate of drug-likeness (QED) is 0.388. The summed E-state index contributed by atoms with van der Waals surface area (Å²) in [5.41, 5.74) is 3.52. The van der Waals surface area contributed by atoms with Crippen LogP contribution in [0.5, 0.6) is 5.75 Å². The van der Waals surface area contributed by atoms with Crippen LogP contribution in [0.2, 0.25) is 0 Å². The van der Waals surface area contributed by atoms with Crippen LogP contribution in [-0.2, 0) is 10.0 Å². The molecule has 0 saturated carbocycles. The molecule has 4 aromatic rings. The van der Waals surface area contributed by atoms with E-state index in [1.54, 1.807) is 55.6 Å². The summed E-state index contributed by atoms with van der Waals surface area (Å²) >= 11 is 0. The molecule has 0 aromatic heterocycles. The molecule has 0 saturated heterocycles. The molecule has 166 valence electrons. The number of nitrogens with one attached hydrogen (secondary N) is 2. The van der Waals surface area contributed by atoms with Crippen molar-refractivity contribution < 1.29 is 17.9 Å². The first-order chi connectivity index (χ1) is 15.9. The molecule has 0 unspecified atom stereocenters. The van der Waals surface area contributed by atoms with E-state index < -0.39 is 10.0 Å². The second kappa shape index (κ2) is 9.58. The fourth-order valence-corrected chi connectivity index (χ4v) is 4.30. The van der Waals surface area contributed by atoms with Crippen molar-refractivity contribution in [3.05, 3.63) is 109 Å². The third-order valence-electron chi connectivity index (χ3n) is 5.02. The van der Waals surface area contributed by atoms with Crippen molar-refractivity contribution in [2.24, 2.45) is 0 Å². The van der Waals surface area contributed by atoms with Crippen molar-refractivity contribution in [2.45, 2.75) is 4.90 Å². The van der Waals surface area contributed by atoms with Gasteiger partial charge in [-0.25, -0.2) is 8.42 Å². The van der Waals surface area contributed by atoms with Gasteiger partial charge in [-0.3, -0.25) is 9.52 Å². The predicted molar refractivity (Wildman–Crippen MR) is 130 cm³/mol. The van der Waals surface area contributed by atoms with Gasteiger partial charge in [0.15, 0.2) is 0 Å². The van der Waals surface area contributed by atoms with Crippen LogP contribution in [0.1, 0.15) is 10.4 Å². The maximum absolute atomic E-state index is 12.6. The fraction of sp³-hybridized carbons (Fsp3) is 0.0385. The number of carbonyl (C=O) groups is 1. The van der Waals surface area contributed by atoms with Crippen LogP contribution < -0.4 is 14.8 Å². The summed E-state index contributed by atoms with van der Waals surface area (Å²) in [5.74, 6) is 0.356. The lowest BCUT2D eigenvalue weighted by Crippen LogP contribution is -2.14. The summed E-state index contributed by atoms with van der Waals surface area (Å²) in [4.78, 5) is 12.7. The molecule has 0 aliphatic carbocycles. The number of hydrogen-bond donors (Lipinski definition) is 2. The SMILES string of the molecule is COc1ccc(NS(=O)(=O)c2ccc(NC(=O)c3ccc(-c4ccccc4)cc3)cc2)cc1. The van der Waals surface area contributed by atoms with Crippen LogP contribution >= 0.6 is 0 Å². The highest BCUT2D eigenvalue weighted by Gasteiger charge is 2.15. The minimum absolute atomic E-state index is 0.0866. The van der Waals surface area contributed by atoms with E-state index in [2.05, 4.69) is 10.0 Å². The number of anilines is 2. The van der Waals surface area contributed by atoms with Crippen LogP contribution in [-0.4, -0.2) is 21.4 Å². The van der Waals surface area contributed by atoms with E-state index in [0.717, 1.165) is 11.1 Å². The molecule has 0 heterocycles. The Balaban J connectivity index is 1.41. The van der Waals surface area contributed by atoms with E-state index in [1.165, 1.54) is 12.1 Å². The lowest BCUT2D eigenvalue weighted by molar-refractivity contribution is 0.102. The van der Waals surface area contributed by atoms with E-state index in [1.807, 2.05) is 42.5 Å². The van der Waals surface area contributed by atoms with Gasteiger partial charge in [0.05, 0.1) is 12.0 Å². The number of methoxy groups -OCH3 is 1. The van der Waals surface area contributed by atoms with Crippen LogP contribution in [0.25, 0.3) is 11.1 Å². The van der Waals surface area contributed by atoms with Gasteiger partial charge in [0.25, 0.3) is 15.9 Å². The first kappa shape index (κ1) is 22.1. The number of amides is 1. The number of benzene rings is 4. The molecular weight excluding hydrogens is 436 g/mol. The number of hydrogen-bond acceptors (Lipinski definition) is 4. The number of ether oxygens (including phenoxy) is 1. The summed E-state index contributed by atoms with van der Waals surface area (Å²) in [6, 6.07) is 29.8. The van der Waals surface area contributed by atoms with Gasteiger partial charge in [-0.05, 0) is 71.8 Å². The molecule has 0 bridgehead atoms. The molecule has 7 heteroatoms. The standard InChI is InChI=1S/C26H22N2O4S/c1-32-24-15-11-23(12-16-24)28-33(30,31)25-17-13-22(14-18-25)27-26(29)21-9-7-20(8-10-21)19-5-3-2-4-6-19/h2-18,28H,1H3,(H,27,29). The summed E-state index contributed by atoms with van der Waals surface area (Å²) < 4.78 is 32.9. The van der Waals surface area contributed by atoms with E-state index in [-0.39, 0.29) is 10.8 Å². The molecule has 4 rings (SSSR count). The number of carbonyl (C=O) groups excluding carboxylic acids is 1. The Hall–Kier alpha value is -4.10. The molecular formula is C26H22N2O4S. The van der Waals surface area contributed by atoms with E-state index >= 15 is 0 Å². The van der Waals surface area contributed by atoms with Crippen molar-refractivity contribution in [3.63, 3.8) is 0 Å². The third-order valence-corrected chi connectivity index (χ3v) is 6.42. The first-order valence-electron chi connectivity index (χ1n) is 10.2. The van der Waals surface area contributed by atoms with Crippen LogP contribution in [0, 0.1) is 0 Å². The molecule has 33 heavy (non-hydrogen) atoms. The van der Waals surface area contributed by atoms with Gasteiger partial charge in [0.2, 0.25) is 0 Å². The van der Waals surface area contributed by atoms with Gasteiger partial charge < -0.3 is 10.1 Å². The van der Waals surface area contributed by atoms with Crippen molar-refractivity contribution in [1.82, 2.24) is 0 Å². The summed E-state index contributed by atoms with van der Waals surface area (Å²) in [6.45, 7) is 0. The zero-order valence-corrected chi connectivity index (χ0v) is 18.7. The number of rotatable bonds is 7. The smallest absolute Gasteiger partial charge is 0.261 e. The molecule has 0 atom stereocenters. The van der Waals surface area contributed by atoms with Gasteiger partial charge in [0, 0.05) is 16.9 Å². The largest absolute Gasteiger partial charge is 0.497 e. The van der Waals surface area contributed by atoms with E-state index in [0.29, 0.717) is 22.7 Å². The number of sulfonamides is 1. The van der Waals surface area contributed by atoms with E-state index in [4.69, 9.17) is 4.74 Å².